The lowest BCUT2D eigenvalue weighted by Crippen LogP contribution is -2.37. The Kier molecular flexibility index (Phi) is 5.79. The van der Waals surface area contributed by atoms with Crippen molar-refractivity contribution >= 4 is 10.0 Å². The number of benzene rings is 1. The van der Waals surface area contributed by atoms with Crippen LogP contribution in [0, 0.1) is 5.92 Å². The van der Waals surface area contributed by atoms with E-state index in [1.807, 2.05) is 12.1 Å². The Morgan fingerprint density at radius 1 is 1.19 bits per heavy atom. The van der Waals surface area contributed by atoms with E-state index in [4.69, 9.17) is 0 Å². The molecule has 118 valence electrons. The summed E-state index contributed by atoms with van der Waals surface area (Å²) in [6, 6.07) is 7.34. The molecular formula is C16H26N2O2S. The van der Waals surface area contributed by atoms with Crippen molar-refractivity contribution in [1.29, 1.82) is 0 Å². The monoisotopic (exact) mass is 310 g/mol. The summed E-state index contributed by atoms with van der Waals surface area (Å²) >= 11 is 0. The van der Waals surface area contributed by atoms with Crippen LogP contribution in [0.15, 0.2) is 29.2 Å². The average Bonchev–Trinajstić information content (AvgIpc) is 2.48. The van der Waals surface area contributed by atoms with Crippen LogP contribution in [0.1, 0.15) is 32.3 Å². The van der Waals surface area contributed by atoms with Gasteiger partial charge in [-0.05, 0) is 56.0 Å². The maximum absolute atomic E-state index is 12.6. The predicted octanol–water partition coefficient (Wildman–Crippen LogP) is 2.26. The van der Waals surface area contributed by atoms with Crippen LogP contribution < -0.4 is 5.32 Å². The van der Waals surface area contributed by atoms with Crippen LogP contribution >= 0.6 is 0 Å². The summed E-state index contributed by atoms with van der Waals surface area (Å²) in [4.78, 5) is 0.421. The summed E-state index contributed by atoms with van der Waals surface area (Å²) in [5.74, 6) is 0.630. The molecule has 2 rings (SSSR count). The highest BCUT2D eigenvalue weighted by molar-refractivity contribution is 7.89. The third-order valence-corrected chi connectivity index (χ3v) is 6.06. The average molecular weight is 310 g/mol. The number of piperidine rings is 1. The quantitative estimate of drug-likeness (QED) is 0.820. The van der Waals surface area contributed by atoms with E-state index >= 15 is 0 Å². The normalized spacial score (nSPS) is 18.0. The maximum Gasteiger partial charge on any atom is 0.243 e. The fourth-order valence-corrected chi connectivity index (χ4v) is 4.08. The van der Waals surface area contributed by atoms with Gasteiger partial charge in [-0.2, -0.15) is 4.31 Å². The van der Waals surface area contributed by atoms with Gasteiger partial charge >= 0.3 is 0 Å². The summed E-state index contributed by atoms with van der Waals surface area (Å²) in [6.07, 6.45) is 2.84. The van der Waals surface area contributed by atoms with Crippen LogP contribution in [0.5, 0.6) is 0 Å². The van der Waals surface area contributed by atoms with Crippen LogP contribution in [0.2, 0.25) is 0 Å². The van der Waals surface area contributed by atoms with Crippen molar-refractivity contribution in [3.63, 3.8) is 0 Å². The van der Waals surface area contributed by atoms with Crippen molar-refractivity contribution in [2.24, 2.45) is 5.92 Å². The Labute approximate surface area is 128 Å². The third kappa shape index (κ3) is 4.28. The van der Waals surface area contributed by atoms with Crippen molar-refractivity contribution in [3.8, 4) is 0 Å². The van der Waals surface area contributed by atoms with E-state index in [9.17, 15) is 8.42 Å². The molecule has 0 atom stereocenters. The van der Waals surface area contributed by atoms with E-state index in [2.05, 4.69) is 19.2 Å². The van der Waals surface area contributed by atoms with E-state index in [1.54, 1.807) is 16.4 Å². The topological polar surface area (TPSA) is 49.4 Å². The van der Waals surface area contributed by atoms with Gasteiger partial charge in [-0.15, -0.1) is 0 Å². The number of sulfonamides is 1. The number of nitrogens with zero attached hydrogens (tertiary/aromatic N) is 1. The van der Waals surface area contributed by atoms with Gasteiger partial charge in [-0.3, -0.25) is 0 Å². The van der Waals surface area contributed by atoms with Gasteiger partial charge in [0.25, 0.3) is 0 Å². The molecule has 1 fully saturated rings. The molecule has 5 heteroatoms. The smallest absolute Gasteiger partial charge is 0.243 e. The molecule has 1 heterocycles. The number of hydrogen-bond acceptors (Lipinski definition) is 3. The Hall–Kier alpha value is -0.910. The highest BCUT2D eigenvalue weighted by Crippen LogP contribution is 2.23. The minimum Gasteiger partial charge on any atom is -0.317 e. The summed E-state index contributed by atoms with van der Waals surface area (Å²) in [7, 11) is -3.31. The minimum atomic E-state index is -3.31. The fraction of sp³-hybridized carbons (Fsp3) is 0.625. The van der Waals surface area contributed by atoms with Crippen molar-refractivity contribution in [1.82, 2.24) is 9.62 Å². The number of nitrogens with one attached hydrogen (secondary N) is 1. The van der Waals surface area contributed by atoms with Crippen LogP contribution in [0.25, 0.3) is 0 Å². The highest BCUT2D eigenvalue weighted by atomic mass is 32.2. The molecule has 1 aromatic rings. The Morgan fingerprint density at radius 2 is 1.81 bits per heavy atom. The molecule has 1 N–H and O–H groups in total. The molecule has 0 unspecified atom stereocenters. The minimum absolute atomic E-state index is 0.421. The first kappa shape index (κ1) is 16.5. The first-order valence-electron chi connectivity index (χ1n) is 7.84. The molecule has 4 nitrogen and oxygen atoms in total. The molecule has 0 spiro atoms. The van der Waals surface area contributed by atoms with Gasteiger partial charge < -0.3 is 5.32 Å². The molecule has 1 aliphatic rings. The second kappa shape index (κ2) is 7.38. The van der Waals surface area contributed by atoms with Gasteiger partial charge in [0.1, 0.15) is 0 Å². The van der Waals surface area contributed by atoms with E-state index in [-0.39, 0.29) is 0 Å². The van der Waals surface area contributed by atoms with E-state index in [0.717, 1.165) is 32.4 Å². The SMILES string of the molecule is CCNCCc1ccc(S(=O)(=O)N2CCC(C)CC2)cc1. The molecule has 1 aliphatic heterocycles. The van der Waals surface area contributed by atoms with Crippen molar-refractivity contribution in [3.05, 3.63) is 29.8 Å². The zero-order valence-electron chi connectivity index (χ0n) is 13.0. The maximum atomic E-state index is 12.6. The molecular weight excluding hydrogens is 284 g/mol. The van der Waals surface area contributed by atoms with E-state index in [0.29, 0.717) is 23.9 Å². The third-order valence-electron chi connectivity index (χ3n) is 4.14. The lowest BCUT2D eigenvalue weighted by Gasteiger charge is -2.29. The Balaban J connectivity index is 2.03. The van der Waals surface area contributed by atoms with Crippen LogP contribution in [-0.2, 0) is 16.4 Å². The zero-order valence-corrected chi connectivity index (χ0v) is 13.8. The molecule has 0 aromatic heterocycles. The standard InChI is InChI=1S/C16H26N2O2S/c1-3-17-11-8-15-4-6-16(7-5-15)21(19,20)18-12-9-14(2)10-13-18/h4-7,14,17H,3,8-13H2,1-2H3. The van der Waals surface area contributed by atoms with Gasteiger partial charge in [0.05, 0.1) is 4.90 Å². The number of hydrogen-bond donors (Lipinski definition) is 1. The molecule has 0 amide bonds. The first-order valence-corrected chi connectivity index (χ1v) is 9.28. The van der Waals surface area contributed by atoms with Crippen LogP contribution in [-0.4, -0.2) is 38.9 Å². The molecule has 0 saturated carbocycles. The molecule has 1 saturated heterocycles. The Morgan fingerprint density at radius 3 is 2.38 bits per heavy atom. The van der Waals surface area contributed by atoms with Gasteiger partial charge in [0.15, 0.2) is 0 Å². The van der Waals surface area contributed by atoms with Crippen molar-refractivity contribution < 1.29 is 8.42 Å². The van der Waals surface area contributed by atoms with Gasteiger partial charge in [0, 0.05) is 13.1 Å². The van der Waals surface area contributed by atoms with E-state index in [1.165, 1.54) is 5.56 Å². The summed E-state index contributed by atoms with van der Waals surface area (Å²) in [6.45, 7) is 7.43. The largest absolute Gasteiger partial charge is 0.317 e. The zero-order chi connectivity index (χ0) is 15.3. The van der Waals surface area contributed by atoms with Gasteiger partial charge in [-0.1, -0.05) is 26.0 Å². The number of likely N-dealkylation sites (N-methyl/N-ethyl adjacent to an activating group) is 1. The van der Waals surface area contributed by atoms with E-state index < -0.39 is 10.0 Å². The molecule has 1 aromatic carbocycles. The Bertz CT molecular complexity index is 532. The molecule has 21 heavy (non-hydrogen) atoms. The molecule has 0 radical (unpaired) electrons. The van der Waals surface area contributed by atoms with Crippen molar-refractivity contribution in [2.45, 2.75) is 38.0 Å². The summed E-state index contributed by atoms with van der Waals surface area (Å²) in [5.41, 5.74) is 1.17. The van der Waals surface area contributed by atoms with Crippen LogP contribution in [0.3, 0.4) is 0 Å². The number of rotatable bonds is 6. The summed E-state index contributed by atoms with van der Waals surface area (Å²) in [5, 5.41) is 3.27. The highest BCUT2D eigenvalue weighted by Gasteiger charge is 2.27. The molecule has 0 aliphatic carbocycles. The second-order valence-corrected chi connectivity index (χ2v) is 7.77. The van der Waals surface area contributed by atoms with Crippen molar-refractivity contribution in [2.75, 3.05) is 26.2 Å². The predicted molar refractivity (Wildman–Crippen MR) is 85.8 cm³/mol. The van der Waals surface area contributed by atoms with Gasteiger partial charge in [-0.25, -0.2) is 8.42 Å². The lowest BCUT2D eigenvalue weighted by molar-refractivity contribution is 0.288. The van der Waals surface area contributed by atoms with Gasteiger partial charge in [0.2, 0.25) is 10.0 Å². The molecule has 0 bridgehead atoms. The summed E-state index contributed by atoms with van der Waals surface area (Å²) < 4.78 is 26.8. The lowest BCUT2D eigenvalue weighted by atomic mass is 10.0. The van der Waals surface area contributed by atoms with Crippen LogP contribution in [0.4, 0.5) is 0 Å². The first-order chi connectivity index (χ1) is 10.0. The fourth-order valence-electron chi connectivity index (χ4n) is 2.61. The second-order valence-electron chi connectivity index (χ2n) is 5.83.